The number of aromatic nitrogens is 11. The van der Waals surface area contributed by atoms with Crippen molar-refractivity contribution in [2.75, 3.05) is 0 Å². The Hall–Kier alpha value is -3.11. The van der Waals surface area contributed by atoms with E-state index in [0.29, 0.717) is 0 Å². The molecule has 0 aliphatic rings. The van der Waals surface area contributed by atoms with E-state index in [-0.39, 0.29) is 0 Å². The van der Waals surface area contributed by atoms with Crippen LogP contribution in [0.2, 0.25) is 0 Å². The molecular weight excluding hydrogens is 238 g/mol. The van der Waals surface area contributed by atoms with Crippen molar-refractivity contribution in [1.82, 2.24) is 56.2 Å². The summed E-state index contributed by atoms with van der Waals surface area (Å²) in [6.45, 7) is 0. The van der Waals surface area contributed by atoms with Crippen LogP contribution in [0.4, 0.5) is 0 Å². The van der Waals surface area contributed by atoms with Gasteiger partial charge >= 0.3 is 0 Å². The lowest BCUT2D eigenvalue weighted by Crippen LogP contribution is -1.82. The molecular formula is C7H7N11. The van der Waals surface area contributed by atoms with Crippen molar-refractivity contribution in [3.05, 3.63) is 43.8 Å². The summed E-state index contributed by atoms with van der Waals surface area (Å²) in [6, 6.07) is 1.72. The number of rotatable bonds is 0. The van der Waals surface area contributed by atoms with Gasteiger partial charge in [-0.3, -0.25) is 0 Å². The molecule has 90 valence electrons. The lowest BCUT2D eigenvalue weighted by molar-refractivity contribution is 0.817. The summed E-state index contributed by atoms with van der Waals surface area (Å²) in [4.78, 5) is 3.50. The Kier molecular flexibility index (Phi) is 7.49. The molecule has 3 aromatic rings. The summed E-state index contributed by atoms with van der Waals surface area (Å²) in [7, 11) is 0. The van der Waals surface area contributed by atoms with Crippen LogP contribution in [0.3, 0.4) is 0 Å². The zero-order valence-electron chi connectivity index (χ0n) is 8.96. The first-order valence-electron chi connectivity index (χ1n) is 4.45. The predicted molar refractivity (Wildman–Crippen MR) is 55.1 cm³/mol. The van der Waals surface area contributed by atoms with Crippen molar-refractivity contribution >= 4 is 0 Å². The summed E-state index contributed by atoms with van der Waals surface area (Å²) in [5.41, 5.74) is 0. The van der Waals surface area contributed by atoms with Crippen molar-refractivity contribution in [3.63, 3.8) is 0 Å². The maximum Gasteiger partial charge on any atom is 0.160 e. The topological polar surface area (TPSA) is 142 Å². The minimum Gasteiger partial charge on any atom is -0.221 e. The van der Waals surface area contributed by atoms with Gasteiger partial charge in [0, 0.05) is 0 Å². The first kappa shape index (κ1) is 13.0. The molecule has 0 N–H and O–H groups in total. The molecule has 0 unspecified atom stereocenters. The molecule has 11 nitrogen and oxygen atoms in total. The maximum atomic E-state index is 3.50. The molecule has 0 aliphatic carbocycles. The van der Waals surface area contributed by atoms with Gasteiger partial charge in [-0.1, -0.05) is 0 Å². The zero-order chi connectivity index (χ0) is 12.7. The third-order valence-corrected chi connectivity index (χ3v) is 1.09. The van der Waals surface area contributed by atoms with Gasteiger partial charge in [0.15, 0.2) is 12.7 Å². The Labute approximate surface area is 101 Å². The van der Waals surface area contributed by atoms with E-state index in [4.69, 9.17) is 0 Å². The Morgan fingerprint density at radius 1 is 0.444 bits per heavy atom. The van der Waals surface area contributed by atoms with Gasteiger partial charge in [-0.2, -0.15) is 0 Å². The van der Waals surface area contributed by atoms with Gasteiger partial charge in [-0.15, -0.1) is 40.8 Å². The van der Waals surface area contributed by atoms with Gasteiger partial charge in [-0.25, -0.2) is 4.98 Å². The summed E-state index contributed by atoms with van der Waals surface area (Å²) in [5, 5.41) is 33.4. The highest BCUT2D eigenvalue weighted by molar-refractivity contribution is 4.69. The molecule has 18 heavy (non-hydrogen) atoms. The van der Waals surface area contributed by atoms with E-state index in [2.05, 4.69) is 56.2 Å². The molecule has 0 aromatic carbocycles. The third-order valence-electron chi connectivity index (χ3n) is 1.09. The van der Waals surface area contributed by atoms with Gasteiger partial charge in [0.1, 0.15) is 12.7 Å². The summed E-state index contributed by atoms with van der Waals surface area (Å²) in [6.07, 6.45) is 8.36. The van der Waals surface area contributed by atoms with E-state index >= 15 is 0 Å². The first-order chi connectivity index (χ1) is 9.00. The second kappa shape index (κ2) is 10.4. The van der Waals surface area contributed by atoms with Crippen LogP contribution in [0, 0.1) is 0 Å². The van der Waals surface area contributed by atoms with Crippen LogP contribution in [0.5, 0.6) is 0 Å². The fourth-order valence-corrected chi connectivity index (χ4v) is 0.536. The number of hydrogen-bond acceptors (Lipinski definition) is 11. The molecule has 0 saturated carbocycles. The molecule has 0 radical (unpaired) electrons. The zero-order valence-corrected chi connectivity index (χ0v) is 8.96. The Morgan fingerprint density at radius 2 is 0.944 bits per heavy atom. The number of hydrogen-bond donors (Lipinski definition) is 0. The van der Waals surface area contributed by atoms with Crippen molar-refractivity contribution in [3.8, 4) is 0 Å². The monoisotopic (exact) mass is 245 g/mol. The second-order valence-electron chi connectivity index (χ2n) is 2.20. The van der Waals surface area contributed by atoms with Gasteiger partial charge in [0.2, 0.25) is 0 Å². The Bertz CT molecular complexity index is 308. The largest absolute Gasteiger partial charge is 0.221 e. The average molecular weight is 245 g/mol. The van der Waals surface area contributed by atoms with Gasteiger partial charge in [0.05, 0.1) is 12.4 Å². The predicted octanol–water partition coefficient (Wildman–Crippen LogP) is -1.60. The van der Waals surface area contributed by atoms with E-state index in [1.54, 1.807) is 18.5 Å². The minimum absolute atomic E-state index is 1.28. The van der Waals surface area contributed by atoms with Crippen LogP contribution in [0.25, 0.3) is 0 Å². The lowest BCUT2D eigenvalue weighted by atomic mass is 10.7. The Balaban J connectivity index is 0.000000135. The molecule has 0 atom stereocenters. The summed E-state index contributed by atoms with van der Waals surface area (Å²) >= 11 is 0. The van der Waals surface area contributed by atoms with Crippen LogP contribution in [0.15, 0.2) is 43.8 Å². The van der Waals surface area contributed by atoms with Crippen molar-refractivity contribution < 1.29 is 0 Å². The number of nitrogens with zero attached hydrogens (tertiary/aromatic N) is 11. The van der Waals surface area contributed by atoms with Crippen LogP contribution in [-0.4, -0.2) is 56.2 Å². The van der Waals surface area contributed by atoms with Gasteiger partial charge < -0.3 is 0 Å². The van der Waals surface area contributed by atoms with Crippen LogP contribution >= 0.6 is 0 Å². The molecule has 3 rings (SSSR count). The fourth-order valence-electron chi connectivity index (χ4n) is 0.536. The molecule has 3 heterocycles. The average Bonchev–Trinajstić information content (AvgIpc) is 2.54. The van der Waals surface area contributed by atoms with E-state index < -0.39 is 0 Å². The van der Waals surface area contributed by atoms with E-state index in [9.17, 15) is 0 Å². The van der Waals surface area contributed by atoms with E-state index in [1.165, 1.54) is 25.3 Å². The molecule has 0 fully saturated rings. The standard InChI is InChI=1S/C3H3N3.2C2H2N4/c1-2-4-6-5-3-1;1-3-5-2-6-4-1;1-3-2-5-6-4-1/h1-3H;2*1-2H. The lowest BCUT2D eigenvalue weighted by Gasteiger charge is -1.68. The third kappa shape index (κ3) is 8.22. The normalized spacial score (nSPS) is 8.00. The van der Waals surface area contributed by atoms with Crippen LogP contribution in [0.1, 0.15) is 0 Å². The van der Waals surface area contributed by atoms with Crippen molar-refractivity contribution in [1.29, 1.82) is 0 Å². The first-order valence-corrected chi connectivity index (χ1v) is 4.45. The van der Waals surface area contributed by atoms with Gasteiger partial charge in [-0.05, 0) is 16.5 Å². The van der Waals surface area contributed by atoms with E-state index in [1.807, 2.05) is 0 Å². The molecule has 0 bridgehead atoms. The van der Waals surface area contributed by atoms with Crippen molar-refractivity contribution in [2.45, 2.75) is 0 Å². The molecule has 11 heteroatoms. The van der Waals surface area contributed by atoms with Crippen LogP contribution < -0.4 is 0 Å². The summed E-state index contributed by atoms with van der Waals surface area (Å²) < 4.78 is 0. The SMILES string of the molecule is c1cnnnc1.c1ncnnn1.c1nncnn1. The second-order valence-corrected chi connectivity index (χ2v) is 2.20. The molecule has 0 saturated heterocycles. The summed E-state index contributed by atoms with van der Waals surface area (Å²) in [5.74, 6) is 0. The van der Waals surface area contributed by atoms with Crippen LogP contribution in [-0.2, 0) is 0 Å². The highest BCUT2D eigenvalue weighted by atomic mass is 15.3. The van der Waals surface area contributed by atoms with Crippen molar-refractivity contribution in [2.24, 2.45) is 0 Å². The maximum absolute atomic E-state index is 3.50. The van der Waals surface area contributed by atoms with Gasteiger partial charge in [0.25, 0.3) is 0 Å². The fraction of sp³-hybridized carbons (Fsp3) is 0. The quantitative estimate of drug-likeness (QED) is 0.452. The highest BCUT2D eigenvalue weighted by Gasteiger charge is 1.62. The molecule has 3 aromatic heterocycles. The highest BCUT2D eigenvalue weighted by Crippen LogP contribution is 1.61. The molecule has 0 amide bonds. The van der Waals surface area contributed by atoms with E-state index in [0.717, 1.165) is 0 Å². The Morgan fingerprint density at radius 3 is 1.11 bits per heavy atom. The molecule has 0 spiro atoms. The minimum atomic E-state index is 1.28. The molecule has 0 aliphatic heterocycles. The smallest absolute Gasteiger partial charge is 0.160 e.